The van der Waals surface area contributed by atoms with Gasteiger partial charge in [-0.05, 0) is 122 Å². The van der Waals surface area contributed by atoms with Gasteiger partial charge in [-0.15, -0.1) is 0 Å². The van der Waals surface area contributed by atoms with Crippen molar-refractivity contribution >= 4 is 19.7 Å². The second kappa shape index (κ2) is 58.4. The Morgan fingerprint density at radius 2 is 0.800 bits per heavy atom. The third-order valence-corrected chi connectivity index (χ3v) is 14.3. The number of rotatable bonds is 56. The number of hydrogen-bond donors (Lipinski definition) is 2. The molecule has 80 heavy (non-hydrogen) atoms. The Morgan fingerprint density at radius 1 is 0.450 bits per heavy atom. The van der Waals surface area contributed by atoms with Gasteiger partial charge in [-0.1, -0.05) is 245 Å². The fraction of sp³-hybridized carbons (Fsp3) is 0.657. The van der Waals surface area contributed by atoms with Crippen LogP contribution in [0.2, 0.25) is 0 Å². The van der Waals surface area contributed by atoms with E-state index in [0.717, 1.165) is 141 Å². The number of likely N-dealkylation sites (N-methyl/N-ethyl adjacent to an activating group) is 1. The van der Waals surface area contributed by atoms with Crippen LogP contribution in [-0.2, 0) is 27.9 Å². The van der Waals surface area contributed by atoms with Crippen LogP contribution in [0.3, 0.4) is 0 Å². The van der Waals surface area contributed by atoms with E-state index in [-0.39, 0.29) is 37.9 Å². The zero-order valence-electron chi connectivity index (χ0n) is 52.0. The van der Waals surface area contributed by atoms with Crippen LogP contribution in [-0.4, -0.2) is 74.3 Å². The van der Waals surface area contributed by atoms with Gasteiger partial charge < -0.3 is 19.4 Å². The van der Waals surface area contributed by atoms with Crippen molar-refractivity contribution in [1.29, 1.82) is 0 Å². The molecule has 2 N–H and O–H groups in total. The summed E-state index contributed by atoms with van der Waals surface area (Å²) in [5.74, 6) is -0.567. The fourth-order valence-electron chi connectivity index (χ4n) is 8.46. The number of amides is 1. The molecule has 0 heterocycles. The Kier molecular flexibility index (Phi) is 55.5. The third kappa shape index (κ3) is 58.8. The van der Waals surface area contributed by atoms with Crippen LogP contribution >= 0.6 is 7.82 Å². The molecule has 1 amide bonds. The minimum Gasteiger partial charge on any atom is -0.456 e. The van der Waals surface area contributed by atoms with E-state index in [2.05, 4.69) is 148 Å². The van der Waals surface area contributed by atoms with Crippen LogP contribution in [0.15, 0.2) is 134 Å². The molecule has 456 valence electrons. The molecule has 0 fully saturated rings. The molecule has 0 saturated carbocycles. The summed E-state index contributed by atoms with van der Waals surface area (Å²) >= 11 is 0. The first-order valence-corrected chi connectivity index (χ1v) is 33.5. The van der Waals surface area contributed by atoms with Gasteiger partial charge in [0.1, 0.15) is 19.3 Å². The van der Waals surface area contributed by atoms with Crippen LogP contribution < -0.4 is 5.32 Å². The number of phosphoric ester groups is 1. The topological polar surface area (TPSA) is 111 Å². The maximum Gasteiger partial charge on any atom is 0.472 e. The number of ether oxygens (including phenoxy) is 1. The van der Waals surface area contributed by atoms with Crippen molar-refractivity contribution in [1.82, 2.24) is 5.32 Å². The summed E-state index contributed by atoms with van der Waals surface area (Å²) in [6.45, 7) is 6.73. The first-order valence-electron chi connectivity index (χ1n) is 32.0. The minimum absolute atomic E-state index is 0.0238. The minimum atomic E-state index is -4.47. The van der Waals surface area contributed by atoms with Crippen LogP contribution in [0.4, 0.5) is 0 Å². The fourth-order valence-corrected chi connectivity index (χ4v) is 9.20. The molecule has 0 bridgehead atoms. The van der Waals surface area contributed by atoms with Crippen molar-refractivity contribution in [3.8, 4) is 0 Å². The average molecular weight is 1130 g/mol. The van der Waals surface area contributed by atoms with Crippen LogP contribution in [0.25, 0.3) is 0 Å². The van der Waals surface area contributed by atoms with Gasteiger partial charge in [-0.25, -0.2) is 4.57 Å². The molecule has 0 saturated heterocycles. The number of quaternary nitrogens is 1. The van der Waals surface area contributed by atoms with Crippen LogP contribution in [0, 0.1) is 0 Å². The lowest BCUT2D eigenvalue weighted by atomic mass is 10.0. The predicted molar refractivity (Wildman–Crippen MR) is 346 cm³/mol. The molecular formula is C70H120N2O7P+. The Balaban J connectivity index is 5.30. The molecule has 0 spiro atoms. The van der Waals surface area contributed by atoms with Crippen molar-refractivity contribution in [2.45, 2.75) is 258 Å². The Bertz CT molecular complexity index is 1830. The van der Waals surface area contributed by atoms with E-state index in [1.807, 2.05) is 33.3 Å². The quantitative estimate of drug-likeness (QED) is 0.0205. The zero-order chi connectivity index (χ0) is 58.6. The van der Waals surface area contributed by atoms with E-state index in [9.17, 15) is 19.0 Å². The normalized spacial score (nSPS) is 14.5. The van der Waals surface area contributed by atoms with Gasteiger partial charge in [0.2, 0.25) is 5.91 Å². The van der Waals surface area contributed by atoms with Crippen LogP contribution in [0.5, 0.6) is 0 Å². The highest BCUT2D eigenvalue weighted by atomic mass is 31.2. The molecule has 0 aromatic carbocycles. The number of phosphoric acid groups is 1. The summed E-state index contributed by atoms with van der Waals surface area (Å²) in [5, 5.41) is 3.03. The summed E-state index contributed by atoms with van der Waals surface area (Å²) in [5.41, 5.74) is 0. The number of carbonyl (C=O) groups is 2. The molecular weight excluding hydrogens is 1010 g/mol. The number of nitrogens with zero attached hydrogens (tertiary/aromatic N) is 1. The van der Waals surface area contributed by atoms with Gasteiger partial charge in [-0.3, -0.25) is 18.6 Å². The summed E-state index contributed by atoms with van der Waals surface area (Å²) in [7, 11) is 1.44. The Morgan fingerprint density at radius 3 is 1.21 bits per heavy atom. The lowest BCUT2D eigenvalue weighted by Gasteiger charge is -2.27. The number of allylic oxidation sites excluding steroid dienone is 21. The van der Waals surface area contributed by atoms with Crippen LogP contribution in [0.1, 0.15) is 245 Å². The Hall–Kier alpha value is -3.85. The lowest BCUT2D eigenvalue weighted by Crippen LogP contribution is -2.47. The molecule has 0 aliphatic heterocycles. The first-order chi connectivity index (χ1) is 38.9. The lowest BCUT2D eigenvalue weighted by molar-refractivity contribution is -0.870. The van der Waals surface area contributed by atoms with Crippen molar-refractivity contribution in [2.24, 2.45) is 0 Å². The highest BCUT2D eigenvalue weighted by Gasteiger charge is 2.30. The summed E-state index contributed by atoms with van der Waals surface area (Å²) < 4.78 is 30.7. The van der Waals surface area contributed by atoms with E-state index in [1.54, 1.807) is 0 Å². The molecule has 0 aliphatic carbocycles. The zero-order valence-corrected chi connectivity index (χ0v) is 52.9. The van der Waals surface area contributed by atoms with Crippen molar-refractivity contribution in [3.63, 3.8) is 0 Å². The summed E-state index contributed by atoms with van der Waals surface area (Å²) in [4.78, 5) is 37.8. The number of unbranched alkanes of at least 4 members (excludes halogenated alkanes) is 20. The Labute approximate surface area is 492 Å². The molecule has 0 aromatic rings. The van der Waals surface area contributed by atoms with Gasteiger partial charge in [0.25, 0.3) is 0 Å². The SMILES string of the molecule is CC/C=C\C/C=C\C/C=C\C/C=C\C/C=C\C/C=C\CCCCCCCCC(=O)OC(/C=C\CCCCCCCCCCCCC)C(COP(=O)(O)OCC[N+](C)(C)C)NC(=O)CCCCC/C=C/C/C=C/C/C=C/C/C=C/CC. The third-order valence-electron chi connectivity index (χ3n) is 13.3. The number of esters is 1. The number of carbonyl (C=O) groups excluding carboxylic acids is 2. The molecule has 0 aliphatic rings. The second-order valence-electron chi connectivity index (χ2n) is 22.2. The summed E-state index contributed by atoms with van der Waals surface area (Å²) in [6, 6.07) is -0.881. The highest BCUT2D eigenvalue weighted by molar-refractivity contribution is 7.47. The van der Waals surface area contributed by atoms with E-state index in [1.165, 1.54) is 57.8 Å². The van der Waals surface area contributed by atoms with Crippen molar-refractivity contribution < 1.29 is 37.3 Å². The summed E-state index contributed by atoms with van der Waals surface area (Å²) in [6.07, 6.45) is 83.1. The smallest absolute Gasteiger partial charge is 0.456 e. The predicted octanol–water partition coefficient (Wildman–Crippen LogP) is 20.1. The molecule has 3 atom stereocenters. The van der Waals surface area contributed by atoms with Gasteiger partial charge in [-0.2, -0.15) is 0 Å². The van der Waals surface area contributed by atoms with E-state index < -0.39 is 20.0 Å². The van der Waals surface area contributed by atoms with Crippen molar-refractivity contribution in [3.05, 3.63) is 134 Å². The first kappa shape index (κ1) is 76.1. The standard InChI is InChI=1S/C70H119N2O7P/c1-7-10-13-16-19-22-25-28-30-32-33-34-35-36-37-38-39-40-42-45-48-51-54-57-60-63-70(74)79-68(61-58-55-52-49-46-43-27-24-21-18-15-12-9-3)67(66-78-80(75,76)77-65-64-72(4,5)6)71-69(73)62-59-56-53-50-47-44-41-31-29-26-23-20-17-14-11-8-2/h10-11,13-14,19-20,22-23,28-31,33-34,36-37,39-40,44,47,58,61,67-68H,7-9,12,15-18,21,24-27,32,35,38,41-43,45-46,48-57,59-60,62-66H2,1-6H3,(H-,71,73,75,76)/p+1/b13-10-,14-11+,22-19-,23-20+,30-28-,31-29+,34-33-,37-36-,40-39-,47-44+,61-58-. The maximum atomic E-state index is 13.5. The molecule has 3 unspecified atom stereocenters. The molecule has 0 aromatic heterocycles. The molecule has 0 rings (SSSR count). The molecule has 0 radical (unpaired) electrons. The second-order valence-corrected chi connectivity index (χ2v) is 23.6. The van der Waals surface area contributed by atoms with Gasteiger partial charge in [0, 0.05) is 12.8 Å². The van der Waals surface area contributed by atoms with Gasteiger partial charge in [0.05, 0.1) is 33.8 Å². The highest BCUT2D eigenvalue weighted by Crippen LogP contribution is 2.43. The van der Waals surface area contributed by atoms with E-state index in [4.69, 9.17) is 13.8 Å². The maximum absolute atomic E-state index is 13.5. The largest absolute Gasteiger partial charge is 0.472 e. The average Bonchev–Trinajstić information content (AvgIpc) is 3.42. The molecule has 10 heteroatoms. The van der Waals surface area contributed by atoms with Gasteiger partial charge in [0.15, 0.2) is 0 Å². The molecule has 9 nitrogen and oxygen atoms in total. The van der Waals surface area contributed by atoms with Crippen molar-refractivity contribution in [2.75, 3.05) is 40.9 Å². The monoisotopic (exact) mass is 1130 g/mol. The number of hydrogen-bond acceptors (Lipinski definition) is 6. The van der Waals surface area contributed by atoms with Gasteiger partial charge >= 0.3 is 13.8 Å². The van der Waals surface area contributed by atoms with E-state index >= 15 is 0 Å². The number of nitrogens with one attached hydrogen (secondary N) is 1. The van der Waals surface area contributed by atoms with E-state index in [0.29, 0.717) is 23.9 Å².